The van der Waals surface area contributed by atoms with E-state index in [1.165, 1.54) is 0 Å². The summed E-state index contributed by atoms with van der Waals surface area (Å²) >= 11 is 0. The summed E-state index contributed by atoms with van der Waals surface area (Å²) in [6.07, 6.45) is 4.70. The van der Waals surface area contributed by atoms with Gasteiger partial charge in [-0.25, -0.2) is 4.79 Å². The quantitative estimate of drug-likeness (QED) is 0.549. The molecule has 0 rings (SSSR count). The Balaban J connectivity index is 4.33. The van der Waals surface area contributed by atoms with Crippen LogP contribution in [0, 0.1) is 5.92 Å². The van der Waals surface area contributed by atoms with Crippen molar-refractivity contribution in [2.45, 2.75) is 85.3 Å². The van der Waals surface area contributed by atoms with Crippen LogP contribution in [-0.2, 0) is 14.3 Å². The standard InChI is InChI=1S/C16H31NO3/c1-7-8-9-10-11-13(18)17-14(12(2)3)15(19)20-16(4,5)6/h12,14H,7-11H2,1-6H3,(H,17,18)/t14-/m1/s1. The van der Waals surface area contributed by atoms with Crippen LogP contribution >= 0.6 is 0 Å². The third-order valence-corrected chi connectivity index (χ3v) is 2.90. The molecule has 1 atom stereocenters. The molecule has 0 unspecified atom stereocenters. The lowest BCUT2D eigenvalue weighted by molar-refractivity contribution is -0.160. The fourth-order valence-corrected chi connectivity index (χ4v) is 1.82. The summed E-state index contributed by atoms with van der Waals surface area (Å²) < 4.78 is 5.35. The number of carbonyl (C=O) groups excluding carboxylic acids is 2. The van der Waals surface area contributed by atoms with Gasteiger partial charge in [-0.2, -0.15) is 0 Å². The van der Waals surface area contributed by atoms with Crippen LogP contribution in [0.4, 0.5) is 0 Å². The molecule has 0 aromatic carbocycles. The van der Waals surface area contributed by atoms with Crippen molar-refractivity contribution in [1.82, 2.24) is 5.32 Å². The van der Waals surface area contributed by atoms with Gasteiger partial charge in [0.2, 0.25) is 5.91 Å². The number of carbonyl (C=O) groups is 2. The maximum absolute atomic E-state index is 12.1. The zero-order valence-electron chi connectivity index (χ0n) is 13.9. The third-order valence-electron chi connectivity index (χ3n) is 2.90. The molecule has 1 amide bonds. The predicted molar refractivity (Wildman–Crippen MR) is 81.4 cm³/mol. The Morgan fingerprint density at radius 1 is 1.10 bits per heavy atom. The van der Waals surface area contributed by atoms with Crippen LogP contribution in [0.2, 0.25) is 0 Å². The summed E-state index contributed by atoms with van der Waals surface area (Å²) in [4.78, 5) is 23.9. The van der Waals surface area contributed by atoms with Crippen LogP contribution in [0.1, 0.15) is 73.6 Å². The molecule has 1 N–H and O–H groups in total. The van der Waals surface area contributed by atoms with Crippen molar-refractivity contribution in [2.75, 3.05) is 0 Å². The van der Waals surface area contributed by atoms with E-state index in [0.29, 0.717) is 6.42 Å². The van der Waals surface area contributed by atoms with Crippen LogP contribution < -0.4 is 5.32 Å². The molecule has 0 aliphatic rings. The number of hydrogen-bond acceptors (Lipinski definition) is 3. The topological polar surface area (TPSA) is 55.4 Å². The van der Waals surface area contributed by atoms with Crippen molar-refractivity contribution < 1.29 is 14.3 Å². The lowest BCUT2D eigenvalue weighted by atomic mass is 10.0. The first-order valence-corrected chi connectivity index (χ1v) is 7.69. The van der Waals surface area contributed by atoms with Gasteiger partial charge in [-0.1, -0.05) is 40.0 Å². The zero-order chi connectivity index (χ0) is 15.8. The second kappa shape index (κ2) is 8.98. The molecule has 20 heavy (non-hydrogen) atoms. The molecular weight excluding hydrogens is 254 g/mol. The maximum Gasteiger partial charge on any atom is 0.329 e. The van der Waals surface area contributed by atoms with Crippen molar-refractivity contribution in [3.63, 3.8) is 0 Å². The Morgan fingerprint density at radius 2 is 1.70 bits per heavy atom. The number of nitrogens with one attached hydrogen (secondary N) is 1. The molecular formula is C16H31NO3. The highest BCUT2D eigenvalue weighted by atomic mass is 16.6. The average Bonchev–Trinajstić information content (AvgIpc) is 2.29. The zero-order valence-corrected chi connectivity index (χ0v) is 13.9. The molecule has 0 fully saturated rings. The molecule has 0 bridgehead atoms. The van der Waals surface area contributed by atoms with Crippen molar-refractivity contribution in [3.05, 3.63) is 0 Å². The minimum Gasteiger partial charge on any atom is -0.458 e. The van der Waals surface area contributed by atoms with E-state index in [1.54, 1.807) is 0 Å². The third kappa shape index (κ3) is 8.94. The molecule has 118 valence electrons. The Hall–Kier alpha value is -1.06. The van der Waals surface area contributed by atoms with Crippen LogP contribution in [0.15, 0.2) is 0 Å². The van der Waals surface area contributed by atoms with Gasteiger partial charge in [-0.05, 0) is 33.1 Å². The lowest BCUT2D eigenvalue weighted by Gasteiger charge is -2.26. The van der Waals surface area contributed by atoms with Crippen LogP contribution in [0.3, 0.4) is 0 Å². The number of rotatable bonds is 8. The van der Waals surface area contributed by atoms with Crippen molar-refractivity contribution >= 4 is 11.9 Å². The maximum atomic E-state index is 12.1. The highest BCUT2D eigenvalue weighted by molar-refractivity contribution is 5.84. The number of hydrogen-bond donors (Lipinski definition) is 1. The summed E-state index contributed by atoms with van der Waals surface area (Å²) in [5, 5.41) is 2.80. The summed E-state index contributed by atoms with van der Waals surface area (Å²) in [5.74, 6) is -0.399. The van der Waals surface area contributed by atoms with Gasteiger partial charge in [-0.3, -0.25) is 4.79 Å². The number of esters is 1. The van der Waals surface area contributed by atoms with Gasteiger partial charge in [0.05, 0.1) is 0 Å². The molecule has 0 aromatic heterocycles. The Kier molecular flexibility index (Phi) is 8.51. The van der Waals surface area contributed by atoms with Crippen LogP contribution in [0.25, 0.3) is 0 Å². The molecule has 0 spiro atoms. The van der Waals surface area contributed by atoms with Crippen molar-refractivity contribution in [1.29, 1.82) is 0 Å². The highest BCUT2D eigenvalue weighted by Gasteiger charge is 2.28. The van der Waals surface area contributed by atoms with Gasteiger partial charge in [0.25, 0.3) is 0 Å². The second-order valence-electron chi connectivity index (χ2n) is 6.63. The number of amides is 1. The summed E-state index contributed by atoms with van der Waals surface area (Å²) in [6.45, 7) is 11.4. The van der Waals surface area contributed by atoms with Crippen molar-refractivity contribution in [3.8, 4) is 0 Å². The monoisotopic (exact) mass is 285 g/mol. The average molecular weight is 285 g/mol. The normalized spacial score (nSPS) is 13.2. The van der Waals surface area contributed by atoms with E-state index >= 15 is 0 Å². The fraction of sp³-hybridized carbons (Fsp3) is 0.875. The highest BCUT2D eigenvalue weighted by Crippen LogP contribution is 2.13. The van der Waals surface area contributed by atoms with Gasteiger partial charge in [0.1, 0.15) is 11.6 Å². The lowest BCUT2D eigenvalue weighted by Crippen LogP contribution is -2.47. The second-order valence-corrected chi connectivity index (χ2v) is 6.63. The number of unbranched alkanes of at least 4 members (excludes halogenated alkanes) is 3. The van der Waals surface area contributed by atoms with Crippen LogP contribution in [-0.4, -0.2) is 23.5 Å². The largest absolute Gasteiger partial charge is 0.458 e. The predicted octanol–water partition coefficient (Wildman–Crippen LogP) is 3.44. The van der Waals surface area contributed by atoms with Gasteiger partial charge in [0, 0.05) is 6.42 Å². The number of ether oxygens (including phenoxy) is 1. The summed E-state index contributed by atoms with van der Waals surface area (Å²) in [6, 6.07) is -0.562. The SMILES string of the molecule is CCCCCCC(=O)N[C@@H](C(=O)OC(C)(C)C)C(C)C. The van der Waals surface area contributed by atoms with E-state index in [4.69, 9.17) is 4.74 Å². The Bertz CT molecular complexity index is 305. The first-order valence-electron chi connectivity index (χ1n) is 7.69. The first-order chi connectivity index (χ1) is 9.17. The van der Waals surface area contributed by atoms with E-state index < -0.39 is 11.6 Å². The summed E-state index contributed by atoms with van der Waals surface area (Å²) in [7, 11) is 0. The van der Waals surface area contributed by atoms with Gasteiger partial charge < -0.3 is 10.1 Å². The van der Waals surface area contributed by atoms with Crippen molar-refractivity contribution in [2.24, 2.45) is 5.92 Å². The van der Waals surface area contributed by atoms with E-state index in [1.807, 2.05) is 34.6 Å². The molecule has 0 aliphatic heterocycles. The molecule has 0 aromatic rings. The van der Waals surface area contributed by atoms with Gasteiger partial charge in [-0.15, -0.1) is 0 Å². The smallest absolute Gasteiger partial charge is 0.329 e. The minimum atomic E-state index is -0.562. The van der Waals surface area contributed by atoms with E-state index in [9.17, 15) is 9.59 Å². The van der Waals surface area contributed by atoms with Gasteiger partial charge >= 0.3 is 5.97 Å². The molecule has 0 saturated carbocycles. The Morgan fingerprint density at radius 3 is 2.15 bits per heavy atom. The van der Waals surface area contributed by atoms with E-state index in [-0.39, 0.29) is 17.8 Å². The van der Waals surface area contributed by atoms with Gasteiger partial charge in [0.15, 0.2) is 0 Å². The molecule has 0 aliphatic carbocycles. The van der Waals surface area contributed by atoms with Crippen LogP contribution in [0.5, 0.6) is 0 Å². The summed E-state index contributed by atoms with van der Waals surface area (Å²) in [5.41, 5.74) is -0.532. The molecule has 0 saturated heterocycles. The van der Waals surface area contributed by atoms with E-state index in [2.05, 4.69) is 12.2 Å². The fourth-order valence-electron chi connectivity index (χ4n) is 1.82. The molecule has 4 heteroatoms. The van der Waals surface area contributed by atoms with E-state index in [0.717, 1.165) is 25.7 Å². The molecule has 0 radical (unpaired) electrons. The Labute approximate surface area is 123 Å². The molecule has 0 heterocycles. The first kappa shape index (κ1) is 18.9. The minimum absolute atomic E-state index is 0.0180. The molecule has 4 nitrogen and oxygen atoms in total.